The van der Waals surface area contributed by atoms with Gasteiger partial charge >= 0.3 is 0 Å². The predicted octanol–water partition coefficient (Wildman–Crippen LogP) is 5.06. The van der Waals surface area contributed by atoms with E-state index in [9.17, 15) is 0 Å². The Morgan fingerprint density at radius 2 is 1.88 bits per heavy atom. The van der Waals surface area contributed by atoms with E-state index in [1.165, 1.54) is 40.3 Å². The summed E-state index contributed by atoms with van der Waals surface area (Å²) in [6, 6.07) is 20.9. The van der Waals surface area contributed by atoms with Crippen LogP contribution < -0.4 is 0 Å². The van der Waals surface area contributed by atoms with Gasteiger partial charge in [0, 0.05) is 36.4 Å². The summed E-state index contributed by atoms with van der Waals surface area (Å²) in [6.07, 6.45) is 10.2. The topological polar surface area (TPSA) is 16.1 Å². The van der Waals surface area contributed by atoms with Gasteiger partial charge in [0.1, 0.15) is 0 Å². The van der Waals surface area contributed by atoms with Gasteiger partial charge in [-0.25, -0.2) is 0 Å². The van der Waals surface area contributed by atoms with Crippen LogP contribution in [0.2, 0.25) is 0 Å². The van der Waals surface area contributed by atoms with Gasteiger partial charge in [-0.1, -0.05) is 54.6 Å². The summed E-state index contributed by atoms with van der Waals surface area (Å²) >= 11 is 0. The number of hydrogen-bond donors (Lipinski definition) is 0. The van der Waals surface area contributed by atoms with E-state index in [-0.39, 0.29) is 0 Å². The Hall–Kier alpha value is -2.45. The minimum atomic E-state index is 0.575. The predicted molar refractivity (Wildman–Crippen MR) is 103 cm³/mol. The second-order valence-corrected chi connectivity index (χ2v) is 7.25. The van der Waals surface area contributed by atoms with Gasteiger partial charge in [-0.2, -0.15) is 0 Å². The smallest absolute Gasteiger partial charge is 0.0346 e. The maximum Gasteiger partial charge on any atom is 0.0346 e. The quantitative estimate of drug-likeness (QED) is 0.669. The lowest BCUT2D eigenvalue weighted by molar-refractivity contribution is 0.203. The minimum absolute atomic E-state index is 0.575. The fourth-order valence-corrected chi connectivity index (χ4v) is 4.56. The average molecular weight is 326 g/mol. The van der Waals surface area contributed by atoms with E-state index in [0.29, 0.717) is 12.1 Å². The van der Waals surface area contributed by atoms with Crippen LogP contribution in [0.4, 0.5) is 0 Å². The first-order valence-electron chi connectivity index (χ1n) is 9.22. The van der Waals surface area contributed by atoms with Crippen molar-refractivity contribution < 1.29 is 0 Å². The van der Waals surface area contributed by atoms with Crippen molar-refractivity contribution in [3.8, 4) is 0 Å². The molecule has 0 amide bonds. The second kappa shape index (κ2) is 6.12. The van der Waals surface area contributed by atoms with E-state index < -0.39 is 0 Å². The van der Waals surface area contributed by atoms with Gasteiger partial charge in [0.15, 0.2) is 0 Å². The first-order valence-corrected chi connectivity index (χ1v) is 9.22. The van der Waals surface area contributed by atoms with E-state index in [1.54, 1.807) is 0 Å². The average Bonchev–Trinajstić information content (AvgIpc) is 2.90. The lowest BCUT2D eigenvalue weighted by Crippen LogP contribution is -2.37. The molecule has 0 saturated carbocycles. The fourth-order valence-electron chi connectivity index (χ4n) is 4.56. The van der Waals surface area contributed by atoms with Gasteiger partial charge in [0.25, 0.3) is 0 Å². The molecule has 2 nitrogen and oxygen atoms in total. The highest BCUT2D eigenvalue weighted by Crippen LogP contribution is 2.40. The number of fused-ring (bicyclic) bond motifs is 3. The Balaban J connectivity index is 1.48. The van der Waals surface area contributed by atoms with Crippen molar-refractivity contribution in [1.82, 2.24) is 9.88 Å². The molecule has 2 unspecified atom stereocenters. The third-order valence-electron chi connectivity index (χ3n) is 5.77. The van der Waals surface area contributed by atoms with Crippen LogP contribution in [0.3, 0.4) is 0 Å². The Kier molecular flexibility index (Phi) is 3.64. The summed E-state index contributed by atoms with van der Waals surface area (Å²) in [6.45, 7) is 1.07. The SMILES string of the molecule is C1=C(c2cccc3cnccc23)CC2CCC1N2Cc1ccccc1. The van der Waals surface area contributed by atoms with Crippen molar-refractivity contribution in [2.45, 2.75) is 37.9 Å². The first kappa shape index (κ1) is 14.9. The van der Waals surface area contributed by atoms with Gasteiger partial charge in [-0.3, -0.25) is 9.88 Å². The van der Waals surface area contributed by atoms with E-state index in [2.05, 4.69) is 70.6 Å². The second-order valence-electron chi connectivity index (χ2n) is 7.25. The largest absolute Gasteiger partial charge is 0.289 e. The maximum absolute atomic E-state index is 4.27. The Morgan fingerprint density at radius 3 is 2.76 bits per heavy atom. The highest BCUT2D eigenvalue weighted by atomic mass is 15.2. The number of rotatable bonds is 3. The number of aromatic nitrogens is 1. The van der Waals surface area contributed by atoms with Crippen LogP contribution in [-0.2, 0) is 6.54 Å². The molecule has 3 heterocycles. The number of hydrogen-bond acceptors (Lipinski definition) is 2. The third kappa shape index (κ3) is 2.67. The summed E-state index contributed by atoms with van der Waals surface area (Å²) in [7, 11) is 0. The molecule has 25 heavy (non-hydrogen) atoms. The molecule has 0 spiro atoms. The van der Waals surface area contributed by atoms with E-state index in [4.69, 9.17) is 0 Å². The monoisotopic (exact) mass is 326 g/mol. The Labute approximate surface area is 148 Å². The normalized spacial score (nSPS) is 23.0. The number of benzene rings is 2. The van der Waals surface area contributed by atoms with Crippen molar-refractivity contribution in [3.05, 3.63) is 84.2 Å². The van der Waals surface area contributed by atoms with Gasteiger partial charge in [0.05, 0.1) is 0 Å². The summed E-state index contributed by atoms with van der Waals surface area (Å²) in [5.41, 5.74) is 4.34. The van der Waals surface area contributed by atoms with Gasteiger partial charge in [-0.15, -0.1) is 0 Å². The molecule has 0 N–H and O–H groups in total. The van der Waals surface area contributed by atoms with Gasteiger partial charge in [0.2, 0.25) is 0 Å². The lowest BCUT2D eigenvalue weighted by Gasteiger charge is -2.34. The molecule has 2 heteroatoms. The van der Waals surface area contributed by atoms with Crippen LogP contribution in [0.15, 0.2) is 73.1 Å². The molecule has 2 atom stereocenters. The van der Waals surface area contributed by atoms with Crippen LogP contribution >= 0.6 is 0 Å². The summed E-state index contributed by atoms with van der Waals surface area (Å²) in [5, 5.41) is 2.57. The van der Waals surface area contributed by atoms with E-state index in [0.717, 1.165) is 13.0 Å². The van der Waals surface area contributed by atoms with E-state index >= 15 is 0 Å². The molecule has 0 aliphatic carbocycles. The van der Waals surface area contributed by atoms with Crippen molar-refractivity contribution in [2.75, 3.05) is 0 Å². The van der Waals surface area contributed by atoms with Crippen molar-refractivity contribution in [3.63, 3.8) is 0 Å². The molecule has 0 radical (unpaired) electrons. The zero-order chi connectivity index (χ0) is 16.6. The molecule has 2 aliphatic rings. The van der Waals surface area contributed by atoms with Crippen LogP contribution in [0.1, 0.15) is 30.4 Å². The van der Waals surface area contributed by atoms with Gasteiger partial charge in [-0.05, 0) is 47.4 Å². The van der Waals surface area contributed by atoms with E-state index in [1.807, 2.05) is 12.4 Å². The molecule has 124 valence electrons. The minimum Gasteiger partial charge on any atom is -0.289 e. The molecular weight excluding hydrogens is 304 g/mol. The molecular formula is C23H22N2. The summed E-state index contributed by atoms with van der Waals surface area (Å²) < 4.78 is 0. The lowest BCUT2D eigenvalue weighted by atomic mass is 9.91. The summed E-state index contributed by atoms with van der Waals surface area (Å²) in [5.74, 6) is 0. The maximum atomic E-state index is 4.27. The molecule has 5 rings (SSSR count). The first-order chi connectivity index (χ1) is 12.4. The third-order valence-corrected chi connectivity index (χ3v) is 5.77. The van der Waals surface area contributed by atoms with Crippen LogP contribution in [0, 0.1) is 0 Å². The molecule has 1 fully saturated rings. The standard InChI is InChI=1S/C23H22N2/c1-2-5-17(6-3-1)16-25-20-9-10-21(25)14-19(13-20)22-8-4-7-18-15-24-12-11-23(18)22/h1-8,11-13,15,20-21H,9-10,14,16H2. The van der Waals surface area contributed by atoms with Crippen LogP contribution in [0.5, 0.6) is 0 Å². The zero-order valence-electron chi connectivity index (χ0n) is 14.3. The molecule has 2 aliphatic heterocycles. The fraction of sp³-hybridized carbons (Fsp3) is 0.261. The Bertz CT molecular complexity index is 924. The molecule has 2 bridgehead atoms. The zero-order valence-corrected chi connectivity index (χ0v) is 14.3. The molecule has 1 saturated heterocycles. The molecule has 1 aromatic heterocycles. The van der Waals surface area contributed by atoms with Crippen LogP contribution in [-0.4, -0.2) is 22.0 Å². The number of nitrogens with zero attached hydrogens (tertiary/aromatic N) is 2. The van der Waals surface area contributed by atoms with Crippen molar-refractivity contribution in [2.24, 2.45) is 0 Å². The molecule has 3 aromatic rings. The summed E-state index contributed by atoms with van der Waals surface area (Å²) in [4.78, 5) is 6.97. The number of pyridine rings is 1. The van der Waals surface area contributed by atoms with Gasteiger partial charge < -0.3 is 0 Å². The van der Waals surface area contributed by atoms with Crippen molar-refractivity contribution in [1.29, 1.82) is 0 Å². The molecule has 2 aromatic carbocycles. The highest BCUT2D eigenvalue weighted by Gasteiger charge is 2.36. The van der Waals surface area contributed by atoms with Crippen molar-refractivity contribution >= 4 is 16.3 Å². The van der Waals surface area contributed by atoms with Crippen LogP contribution in [0.25, 0.3) is 16.3 Å². The highest BCUT2D eigenvalue weighted by molar-refractivity contribution is 5.93. The Morgan fingerprint density at radius 1 is 0.960 bits per heavy atom.